The second-order valence-corrected chi connectivity index (χ2v) is 6.22. The first kappa shape index (κ1) is 16.5. The van der Waals surface area contributed by atoms with Crippen LogP contribution in [0.25, 0.3) is 0 Å². The van der Waals surface area contributed by atoms with Crippen LogP contribution in [0.2, 0.25) is 0 Å². The van der Waals surface area contributed by atoms with Gasteiger partial charge in [0.2, 0.25) is 0 Å². The van der Waals surface area contributed by atoms with Gasteiger partial charge in [-0.15, -0.1) is 0 Å². The van der Waals surface area contributed by atoms with Crippen LogP contribution in [0, 0.1) is 0 Å². The smallest absolute Gasteiger partial charge is 0.257 e. The minimum Gasteiger partial charge on any atom is -0.491 e. The third kappa shape index (κ3) is 3.59. The number of amides is 1. The zero-order valence-corrected chi connectivity index (χ0v) is 14.1. The van der Waals surface area contributed by atoms with E-state index in [0.717, 1.165) is 25.1 Å². The molecule has 1 aromatic carbocycles. The van der Waals surface area contributed by atoms with E-state index in [-0.39, 0.29) is 5.91 Å². The Labute approximate surface area is 142 Å². The molecule has 1 atom stereocenters. The molecule has 0 radical (unpaired) electrons. The molecule has 0 saturated carbocycles. The molecule has 6 nitrogen and oxygen atoms in total. The largest absolute Gasteiger partial charge is 0.491 e. The minimum atomic E-state index is -0.480. The van der Waals surface area contributed by atoms with Crippen LogP contribution < -0.4 is 4.74 Å². The highest BCUT2D eigenvalue weighted by molar-refractivity contribution is 5.93. The lowest BCUT2D eigenvalue weighted by Gasteiger charge is -2.41. The highest BCUT2D eigenvalue weighted by Gasteiger charge is 2.38. The summed E-state index contributed by atoms with van der Waals surface area (Å²) in [6, 6.07) is 9.67. The Balaban J connectivity index is 1.68. The van der Waals surface area contributed by atoms with Crippen molar-refractivity contribution in [2.24, 2.45) is 7.05 Å². The number of para-hydroxylation sites is 1. The molecule has 0 N–H and O–H groups in total. The number of likely N-dealkylation sites (tertiary alicyclic amines) is 1. The zero-order valence-electron chi connectivity index (χ0n) is 14.1. The number of ether oxygens (including phenoxy) is 2. The summed E-state index contributed by atoms with van der Waals surface area (Å²) in [6.07, 6.45) is 5.10. The predicted octanol–water partition coefficient (Wildman–Crippen LogP) is 2.12. The van der Waals surface area contributed by atoms with Gasteiger partial charge in [0.05, 0.1) is 18.3 Å². The van der Waals surface area contributed by atoms with Gasteiger partial charge in [-0.25, -0.2) is 0 Å². The molecule has 1 saturated heterocycles. The molecular formula is C18H23N3O3. The Hall–Kier alpha value is -2.34. The van der Waals surface area contributed by atoms with Crippen LogP contribution in [0.1, 0.15) is 23.2 Å². The normalized spacial score (nSPS) is 20.8. The summed E-state index contributed by atoms with van der Waals surface area (Å²) in [5.41, 5.74) is 0.125. The first-order valence-corrected chi connectivity index (χ1v) is 8.13. The van der Waals surface area contributed by atoms with Gasteiger partial charge < -0.3 is 14.4 Å². The monoisotopic (exact) mass is 329 g/mol. The van der Waals surface area contributed by atoms with Crippen LogP contribution >= 0.6 is 0 Å². The van der Waals surface area contributed by atoms with Crippen molar-refractivity contribution in [1.29, 1.82) is 0 Å². The number of hydrogen-bond donors (Lipinski definition) is 0. The van der Waals surface area contributed by atoms with Crippen molar-refractivity contribution < 1.29 is 14.3 Å². The molecule has 2 aromatic rings. The van der Waals surface area contributed by atoms with Gasteiger partial charge in [0.25, 0.3) is 5.91 Å². The summed E-state index contributed by atoms with van der Waals surface area (Å²) in [5.74, 6) is 0.800. The van der Waals surface area contributed by atoms with Gasteiger partial charge in [-0.2, -0.15) is 5.10 Å². The maximum absolute atomic E-state index is 12.7. The molecule has 0 bridgehead atoms. The molecule has 24 heavy (non-hydrogen) atoms. The molecule has 2 heterocycles. The summed E-state index contributed by atoms with van der Waals surface area (Å²) in [6.45, 7) is 1.67. The van der Waals surface area contributed by atoms with Crippen molar-refractivity contribution in [3.8, 4) is 5.75 Å². The Kier molecular flexibility index (Phi) is 4.85. The molecule has 3 rings (SSSR count). The van der Waals surface area contributed by atoms with E-state index in [1.165, 1.54) is 0 Å². The maximum atomic E-state index is 12.7. The number of carbonyl (C=O) groups is 1. The molecule has 1 aliphatic heterocycles. The Morgan fingerprint density at radius 3 is 2.79 bits per heavy atom. The predicted molar refractivity (Wildman–Crippen MR) is 90.0 cm³/mol. The van der Waals surface area contributed by atoms with E-state index in [9.17, 15) is 4.79 Å². The number of piperidine rings is 1. The van der Waals surface area contributed by atoms with Crippen LogP contribution in [-0.2, 0) is 11.8 Å². The van der Waals surface area contributed by atoms with Gasteiger partial charge in [-0.05, 0) is 25.0 Å². The summed E-state index contributed by atoms with van der Waals surface area (Å²) in [4.78, 5) is 14.5. The SMILES string of the molecule is COC1(COc2ccccc2)CCCN(C(=O)c2cnn(C)c2)C1. The van der Waals surface area contributed by atoms with Crippen LogP contribution in [0.15, 0.2) is 42.7 Å². The average molecular weight is 329 g/mol. The Morgan fingerprint density at radius 1 is 1.33 bits per heavy atom. The number of nitrogens with zero attached hydrogens (tertiary/aromatic N) is 3. The first-order chi connectivity index (χ1) is 11.6. The summed E-state index contributed by atoms with van der Waals surface area (Å²) in [5, 5.41) is 4.08. The van der Waals surface area contributed by atoms with E-state index in [1.54, 1.807) is 31.2 Å². The Bertz CT molecular complexity index is 686. The highest BCUT2D eigenvalue weighted by atomic mass is 16.5. The minimum absolute atomic E-state index is 0.0102. The topological polar surface area (TPSA) is 56.6 Å². The lowest BCUT2D eigenvalue weighted by molar-refractivity contribution is -0.0824. The lowest BCUT2D eigenvalue weighted by Crippen LogP contribution is -2.54. The van der Waals surface area contributed by atoms with Gasteiger partial charge in [0, 0.05) is 26.9 Å². The van der Waals surface area contributed by atoms with Crippen LogP contribution in [-0.4, -0.2) is 53.0 Å². The van der Waals surface area contributed by atoms with Crippen molar-refractivity contribution in [1.82, 2.24) is 14.7 Å². The van der Waals surface area contributed by atoms with Gasteiger partial charge >= 0.3 is 0 Å². The summed E-state index contributed by atoms with van der Waals surface area (Å²) >= 11 is 0. The van der Waals surface area contributed by atoms with Crippen molar-refractivity contribution in [2.45, 2.75) is 18.4 Å². The number of rotatable bonds is 5. The van der Waals surface area contributed by atoms with Crippen molar-refractivity contribution in [3.63, 3.8) is 0 Å². The maximum Gasteiger partial charge on any atom is 0.257 e. The lowest BCUT2D eigenvalue weighted by atomic mass is 9.93. The van der Waals surface area contributed by atoms with E-state index >= 15 is 0 Å². The van der Waals surface area contributed by atoms with Crippen LogP contribution in [0.4, 0.5) is 0 Å². The number of aryl methyl sites for hydroxylation is 1. The zero-order chi connectivity index (χ0) is 17.0. The molecule has 1 aliphatic rings. The fourth-order valence-electron chi connectivity index (χ4n) is 3.06. The molecule has 1 amide bonds. The Morgan fingerprint density at radius 2 is 2.12 bits per heavy atom. The second kappa shape index (κ2) is 7.05. The fraction of sp³-hybridized carbons (Fsp3) is 0.444. The van der Waals surface area contributed by atoms with Crippen LogP contribution in [0.3, 0.4) is 0 Å². The molecule has 1 unspecified atom stereocenters. The van der Waals surface area contributed by atoms with Crippen LogP contribution in [0.5, 0.6) is 5.75 Å². The standard InChI is InChI=1S/C18H23N3O3/c1-20-12-15(11-19-20)17(22)21-10-6-9-18(13-21,23-2)14-24-16-7-4-3-5-8-16/h3-5,7-8,11-12H,6,9-10,13-14H2,1-2H3. The quantitative estimate of drug-likeness (QED) is 0.843. The van der Waals surface area contributed by atoms with E-state index in [4.69, 9.17) is 9.47 Å². The third-order valence-corrected chi connectivity index (χ3v) is 4.46. The number of hydrogen-bond acceptors (Lipinski definition) is 4. The third-order valence-electron chi connectivity index (χ3n) is 4.46. The van der Waals surface area contributed by atoms with Gasteiger partial charge in [-0.3, -0.25) is 9.48 Å². The number of aromatic nitrogens is 2. The fourth-order valence-corrected chi connectivity index (χ4v) is 3.06. The summed E-state index contributed by atoms with van der Waals surface area (Å²) in [7, 11) is 3.49. The average Bonchev–Trinajstić information content (AvgIpc) is 3.07. The van der Waals surface area contributed by atoms with E-state index < -0.39 is 5.60 Å². The van der Waals surface area contributed by atoms with Gasteiger partial charge in [0.1, 0.15) is 18.0 Å². The molecule has 128 valence electrons. The molecule has 0 spiro atoms. The first-order valence-electron chi connectivity index (χ1n) is 8.13. The van der Waals surface area contributed by atoms with E-state index in [0.29, 0.717) is 18.7 Å². The molecule has 1 fully saturated rings. The number of benzene rings is 1. The molecule has 6 heteroatoms. The summed E-state index contributed by atoms with van der Waals surface area (Å²) < 4.78 is 13.3. The van der Waals surface area contributed by atoms with Crippen molar-refractivity contribution >= 4 is 5.91 Å². The highest BCUT2D eigenvalue weighted by Crippen LogP contribution is 2.27. The number of methoxy groups -OCH3 is 1. The van der Waals surface area contributed by atoms with E-state index in [2.05, 4.69) is 5.10 Å². The molecule has 0 aliphatic carbocycles. The number of carbonyl (C=O) groups excluding carboxylic acids is 1. The van der Waals surface area contributed by atoms with Gasteiger partial charge in [0.15, 0.2) is 0 Å². The van der Waals surface area contributed by atoms with Crippen molar-refractivity contribution in [2.75, 3.05) is 26.8 Å². The second-order valence-electron chi connectivity index (χ2n) is 6.22. The van der Waals surface area contributed by atoms with E-state index in [1.807, 2.05) is 35.2 Å². The van der Waals surface area contributed by atoms with Gasteiger partial charge in [-0.1, -0.05) is 18.2 Å². The van der Waals surface area contributed by atoms with Crippen molar-refractivity contribution in [3.05, 3.63) is 48.3 Å². The molecule has 1 aromatic heterocycles. The molecular weight excluding hydrogens is 306 g/mol.